The molecule has 1 aliphatic carbocycles. The van der Waals surface area contributed by atoms with Crippen molar-refractivity contribution in [1.82, 2.24) is 9.21 Å². The van der Waals surface area contributed by atoms with E-state index in [2.05, 4.69) is 0 Å². The van der Waals surface area contributed by atoms with Gasteiger partial charge in [0.15, 0.2) is 0 Å². The molecule has 1 heterocycles. The number of hydrogen-bond acceptors (Lipinski definition) is 3. The number of piperazine rings is 1. The maximum Gasteiger partial charge on any atom is 0.277 e. The molecule has 2 aliphatic rings. The zero-order valence-electron chi connectivity index (χ0n) is 11.1. The smallest absolute Gasteiger partial charge is 0.277 e. The lowest BCUT2D eigenvalue weighted by molar-refractivity contribution is -0.140. The van der Waals surface area contributed by atoms with Gasteiger partial charge in [0.1, 0.15) is 0 Å². The normalized spacial score (nSPS) is 25.6. The fourth-order valence-electron chi connectivity index (χ4n) is 2.71. The second-order valence-corrected chi connectivity index (χ2v) is 6.95. The fourth-order valence-corrected chi connectivity index (χ4v) is 3.38. The highest BCUT2D eigenvalue weighted by Crippen LogP contribution is 2.36. The molecule has 0 radical (unpaired) electrons. The van der Waals surface area contributed by atoms with Crippen LogP contribution in [0, 0.1) is 5.92 Å². The van der Waals surface area contributed by atoms with Crippen LogP contribution < -0.4 is 5.14 Å². The van der Waals surface area contributed by atoms with E-state index in [0.717, 1.165) is 4.31 Å². The summed E-state index contributed by atoms with van der Waals surface area (Å²) in [6.45, 7) is 0.852. The van der Waals surface area contributed by atoms with Crippen LogP contribution in [0.25, 0.3) is 0 Å². The molecule has 2 rings (SSSR count). The summed E-state index contributed by atoms with van der Waals surface area (Å²) in [5, 5.41) is 5.02. The van der Waals surface area contributed by atoms with Crippen molar-refractivity contribution in [3.05, 3.63) is 0 Å². The van der Waals surface area contributed by atoms with Gasteiger partial charge in [-0.1, -0.05) is 0 Å². The molecule has 1 amide bonds. The lowest BCUT2D eigenvalue weighted by Crippen LogP contribution is -2.53. The third kappa shape index (κ3) is 3.64. The Hall–Kier alpha value is -0.800. The first-order valence-corrected chi connectivity index (χ1v) is 8.14. The monoisotopic (exact) mass is 311 g/mol. The van der Waals surface area contributed by atoms with Crippen molar-refractivity contribution >= 4 is 16.1 Å². The topological polar surface area (TPSA) is 83.7 Å². The number of hydrogen-bond donors (Lipinski definition) is 1. The number of amides is 1. The van der Waals surface area contributed by atoms with E-state index in [1.165, 1.54) is 0 Å². The fraction of sp³-hybridized carbons (Fsp3) is 0.909. The van der Waals surface area contributed by atoms with Gasteiger partial charge >= 0.3 is 0 Å². The summed E-state index contributed by atoms with van der Waals surface area (Å²) in [4.78, 5) is 13.8. The number of nitrogens with zero attached hydrogens (tertiary/aromatic N) is 2. The van der Waals surface area contributed by atoms with Gasteiger partial charge in [-0.15, -0.1) is 0 Å². The quantitative estimate of drug-likeness (QED) is 0.788. The van der Waals surface area contributed by atoms with Crippen molar-refractivity contribution in [3.63, 3.8) is 0 Å². The Kier molecular flexibility index (Phi) is 4.31. The highest BCUT2D eigenvalue weighted by molar-refractivity contribution is 7.86. The van der Waals surface area contributed by atoms with E-state index in [-0.39, 0.29) is 63.7 Å². The third-order valence-corrected chi connectivity index (χ3v) is 5.06. The largest absolute Gasteiger partial charge is 0.340 e. The molecule has 116 valence electrons. The molecule has 6 nitrogen and oxygen atoms in total. The first kappa shape index (κ1) is 15.6. The molecule has 1 saturated heterocycles. The predicted molar refractivity (Wildman–Crippen MR) is 68.2 cm³/mol. The van der Waals surface area contributed by atoms with Gasteiger partial charge in [-0.25, -0.2) is 13.9 Å². The van der Waals surface area contributed by atoms with Crippen LogP contribution in [0.2, 0.25) is 0 Å². The third-order valence-electron chi connectivity index (χ3n) is 3.98. The molecule has 0 unspecified atom stereocenters. The average molecular weight is 311 g/mol. The molecule has 20 heavy (non-hydrogen) atoms. The number of halogens is 2. The minimum absolute atomic E-state index is 0.144. The maximum atomic E-state index is 13.1. The SMILES string of the molecule is NS(=O)(=O)N1CCN(C(=O)C2CCC(F)(F)CC2)CC1. The molecular weight excluding hydrogens is 292 g/mol. The zero-order chi connectivity index (χ0) is 15.0. The Morgan fingerprint density at radius 2 is 1.60 bits per heavy atom. The van der Waals surface area contributed by atoms with Crippen molar-refractivity contribution in [1.29, 1.82) is 0 Å². The minimum Gasteiger partial charge on any atom is -0.340 e. The predicted octanol–water partition coefficient (Wildman–Crippen LogP) is 0.160. The van der Waals surface area contributed by atoms with Crippen LogP contribution in [0.3, 0.4) is 0 Å². The molecule has 0 bridgehead atoms. The number of nitrogens with two attached hydrogens (primary N) is 1. The highest BCUT2D eigenvalue weighted by Gasteiger charge is 2.39. The van der Waals surface area contributed by atoms with Crippen LogP contribution in [0.15, 0.2) is 0 Å². The minimum atomic E-state index is -3.72. The summed E-state index contributed by atoms with van der Waals surface area (Å²) in [7, 11) is -3.72. The van der Waals surface area contributed by atoms with Crippen molar-refractivity contribution in [2.24, 2.45) is 11.1 Å². The number of carbonyl (C=O) groups excluding carboxylic acids is 1. The summed E-state index contributed by atoms with van der Waals surface area (Å²) in [5.74, 6) is -3.16. The molecule has 2 N–H and O–H groups in total. The molecule has 1 saturated carbocycles. The summed E-state index contributed by atoms with van der Waals surface area (Å²) in [6.07, 6.45) is -0.108. The van der Waals surface area contributed by atoms with Crippen LogP contribution in [-0.2, 0) is 15.0 Å². The van der Waals surface area contributed by atoms with E-state index in [1.54, 1.807) is 4.90 Å². The Bertz CT molecular complexity index is 465. The molecule has 0 aromatic rings. The molecular formula is C11H19F2N3O3S. The summed E-state index contributed by atoms with van der Waals surface area (Å²) < 4.78 is 49.5. The van der Waals surface area contributed by atoms with E-state index in [4.69, 9.17) is 5.14 Å². The van der Waals surface area contributed by atoms with Crippen LogP contribution in [0.4, 0.5) is 8.78 Å². The number of alkyl halides is 2. The summed E-state index contributed by atoms with van der Waals surface area (Å²) in [5.41, 5.74) is 0. The van der Waals surface area contributed by atoms with Gasteiger partial charge in [0.05, 0.1) is 0 Å². The van der Waals surface area contributed by atoms with E-state index in [1.807, 2.05) is 0 Å². The average Bonchev–Trinajstić information content (AvgIpc) is 2.37. The van der Waals surface area contributed by atoms with E-state index < -0.39 is 16.1 Å². The van der Waals surface area contributed by atoms with Gasteiger partial charge in [-0.05, 0) is 12.8 Å². The van der Waals surface area contributed by atoms with Crippen molar-refractivity contribution in [2.75, 3.05) is 26.2 Å². The molecule has 1 aliphatic heterocycles. The van der Waals surface area contributed by atoms with Gasteiger partial charge in [-0.3, -0.25) is 4.79 Å². The lowest BCUT2D eigenvalue weighted by atomic mass is 9.86. The van der Waals surface area contributed by atoms with Gasteiger partial charge < -0.3 is 4.90 Å². The highest BCUT2D eigenvalue weighted by atomic mass is 32.2. The van der Waals surface area contributed by atoms with Crippen LogP contribution >= 0.6 is 0 Å². The summed E-state index contributed by atoms with van der Waals surface area (Å²) in [6, 6.07) is 0. The zero-order valence-corrected chi connectivity index (χ0v) is 11.9. The van der Waals surface area contributed by atoms with Crippen molar-refractivity contribution in [2.45, 2.75) is 31.6 Å². The van der Waals surface area contributed by atoms with E-state index >= 15 is 0 Å². The Balaban J connectivity index is 1.87. The number of rotatable bonds is 2. The molecule has 0 aromatic heterocycles. The Labute approximate surface area is 117 Å². The van der Waals surface area contributed by atoms with Crippen LogP contribution in [0.5, 0.6) is 0 Å². The van der Waals surface area contributed by atoms with E-state index in [9.17, 15) is 22.0 Å². The van der Waals surface area contributed by atoms with Crippen LogP contribution in [0.1, 0.15) is 25.7 Å². The second-order valence-electron chi connectivity index (χ2n) is 5.40. The van der Waals surface area contributed by atoms with Gasteiger partial charge in [-0.2, -0.15) is 12.7 Å². The van der Waals surface area contributed by atoms with Gasteiger partial charge in [0, 0.05) is 44.9 Å². The van der Waals surface area contributed by atoms with Crippen molar-refractivity contribution in [3.8, 4) is 0 Å². The standard InChI is InChI=1S/C11H19F2N3O3S/c12-11(13)3-1-9(2-4-11)10(17)15-5-7-16(8-6-15)20(14,18)19/h9H,1-8H2,(H2,14,18,19). The first-order valence-electron chi connectivity index (χ1n) is 6.63. The van der Waals surface area contributed by atoms with Gasteiger partial charge in [0.25, 0.3) is 10.2 Å². The molecule has 0 spiro atoms. The van der Waals surface area contributed by atoms with Gasteiger partial charge in [0.2, 0.25) is 11.8 Å². The molecule has 0 atom stereocenters. The van der Waals surface area contributed by atoms with E-state index in [0.29, 0.717) is 0 Å². The molecule has 2 fully saturated rings. The van der Waals surface area contributed by atoms with Crippen molar-refractivity contribution < 1.29 is 22.0 Å². The Morgan fingerprint density at radius 3 is 2.05 bits per heavy atom. The first-order chi connectivity index (χ1) is 9.19. The molecule has 9 heteroatoms. The Morgan fingerprint density at radius 1 is 1.10 bits per heavy atom. The number of carbonyl (C=O) groups is 1. The lowest BCUT2D eigenvalue weighted by Gasteiger charge is -2.36. The summed E-state index contributed by atoms with van der Waals surface area (Å²) >= 11 is 0. The maximum absolute atomic E-state index is 13.1. The van der Waals surface area contributed by atoms with Crippen LogP contribution in [-0.4, -0.2) is 55.6 Å². The second kappa shape index (κ2) is 5.53. The molecule has 0 aromatic carbocycles.